The summed E-state index contributed by atoms with van der Waals surface area (Å²) in [5, 5.41) is 5.28. The second-order valence-corrected chi connectivity index (χ2v) is 10.0. The quantitative estimate of drug-likeness (QED) is 0.284. The van der Waals surface area contributed by atoms with Gasteiger partial charge in [0.2, 0.25) is 0 Å². The number of hydrogen-bond donors (Lipinski definition) is 2. The maximum absolute atomic E-state index is 13.6. The number of fused-ring (bicyclic) bond motifs is 3. The Labute approximate surface area is 227 Å². The Bertz CT molecular complexity index is 1620. The number of amides is 1. The molecule has 2 N–H and O–H groups in total. The number of rotatable bonds is 7. The molecule has 1 fully saturated rings. The largest absolute Gasteiger partial charge is 0.493 e. The van der Waals surface area contributed by atoms with Gasteiger partial charge in [0.15, 0.2) is 11.5 Å². The van der Waals surface area contributed by atoms with Crippen LogP contribution < -0.4 is 14.8 Å². The molecule has 0 radical (unpaired) electrons. The first-order valence-electron chi connectivity index (χ1n) is 13.3. The van der Waals surface area contributed by atoms with Gasteiger partial charge in [0.1, 0.15) is 5.69 Å². The van der Waals surface area contributed by atoms with E-state index in [-0.39, 0.29) is 11.9 Å². The minimum Gasteiger partial charge on any atom is -0.493 e. The van der Waals surface area contributed by atoms with Gasteiger partial charge in [0.05, 0.1) is 25.4 Å². The molecule has 1 aliphatic rings. The van der Waals surface area contributed by atoms with E-state index >= 15 is 0 Å². The van der Waals surface area contributed by atoms with Crippen LogP contribution in [0.5, 0.6) is 11.5 Å². The Hall–Kier alpha value is -4.36. The van der Waals surface area contributed by atoms with Crippen molar-refractivity contribution in [1.82, 2.24) is 20.2 Å². The van der Waals surface area contributed by atoms with Crippen molar-refractivity contribution in [2.45, 2.75) is 25.4 Å². The number of para-hydroxylation sites is 1. The van der Waals surface area contributed by atoms with Crippen LogP contribution in [0.4, 0.5) is 0 Å². The third-order valence-corrected chi connectivity index (χ3v) is 7.56. The average Bonchev–Trinajstić information content (AvgIpc) is 3.36. The van der Waals surface area contributed by atoms with Crippen LogP contribution in [0.2, 0.25) is 0 Å². The molecular formula is C32H32N4O3. The molecule has 3 aromatic carbocycles. The third-order valence-electron chi connectivity index (χ3n) is 7.56. The second-order valence-electron chi connectivity index (χ2n) is 10.0. The number of nitrogens with one attached hydrogen (secondary N) is 2. The lowest BCUT2D eigenvalue weighted by atomic mass is 10.0. The molecule has 198 valence electrons. The SMILES string of the molecule is COc1ccc(-c2nc(C(=O)NC3CCN(Cc4ccccc4)CC3)cc3c2[nH]c2ccccc23)cc1OC. The number of benzene rings is 3. The number of nitrogens with zero attached hydrogens (tertiary/aromatic N) is 2. The number of pyridine rings is 1. The molecule has 3 heterocycles. The van der Waals surface area contributed by atoms with Gasteiger partial charge < -0.3 is 19.8 Å². The average molecular weight is 521 g/mol. The molecule has 6 rings (SSSR count). The van der Waals surface area contributed by atoms with Crippen molar-refractivity contribution in [3.8, 4) is 22.8 Å². The molecular weight excluding hydrogens is 488 g/mol. The van der Waals surface area contributed by atoms with Gasteiger partial charge in [0.25, 0.3) is 5.91 Å². The van der Waals surface area contributed by atoms with Crippen LogP contribution in [0.15, 0.2) is 78.9 Å². The van der Waals surface area contributed by atoms with Crippen molar-refractivity contribution in [3.63, 3.8) is 0 Å². The number of carbonyl (C=O) groups excluding carboxylic acids is 1. The molecule has 0 bridgehead atoms. The summed E-state index contributed by atoms with van der Waals surface area (Å²) in [6, 6.07) is 26.4. The Morgan fingerprint density at radius 3 is 2.44 bits per heavy atom. The minimum absolute atomic E-state index is 0.120. The van der Waals surface area contributed by atoms with Gasteiger partial charge in [0, 0.05) is 47.5 Å². The third kappa shape index (κ3) is 5.05. The number of hydrogen-bond acceptors (Lipinski definition) is 5. The van der Waals surface area contributed by atoms with Gasteiger partial charge in [-0.05, 0) is 48.7 Å². The molecule has 39 heavy (non-hydrogen) atoms. The molecule has 0 aliphatic carbocycles. The first kappa shape index (κ1) is 24.9. The molecule has 0 saturated carbocycles. The van der Waals surface area contributed by atoms with Crippen LogP contribution in [0.3, 0.4) is 0 Å². The second kappa shape index (κ2) is 10.8. The molecule has 5 aromatic rings. The summed E-state index contributed by atoms with van der Waals surface area (Å²) in [4.78, 5) is 24.4. The van der Waals surface area contributed by atoms with Crippen molar-refractivity contribution < 1.29 is 14.3 Å². The molecule has 1 saturated heterocycles. The smallest absolute Gasteiger partial charge is 0.270 e. The predicted octanol–water partition coefficient (Wildman–Crippen LogP) is 5.79. The standard InChI is InChI=1S/C32H32N4O3/c1-38-28-13-12-22(18-29(28)39-2)30-31-25(24-10-6-7-11-26(24)34-31)19-27(35-30)32(37)33-23-14-16-36(17-15-23)20-21-8-4-3-5-9-21/h3-13,18-19,23,34H,14-17,20H2,1-2H3,(H,33,37). The number of H-pyrrole nitrogens is 1. The Kier molecular flexibility index (Phi) is 6.90. The first-order chi connectivity index (χ1) is 19.1. The lowest BCUT2D eigenvalue weighted by molar-refractivity contribution is 0.0904. The van der Waals surface area contributed by atoms with Crippen LogP contribution in [-0.4, -0.2) is 54.1 Å². The van der Waals surface area contributed by atoms with Gasteiger partial charge in [-0.2, -0.15) is 0 Å². The summed E-state index contributed by atoms with van der Waals surface area (Å²) in [6.07, 6.45) is 1.83. The molecule has 1 aliphatic heterocycles. The Morgan fingerprint density at radius 1 is 0.923 bits per heavy atom. The molecule has 1 amide bonds. The van der Waals surface area contributed by atoms with Crippen LogP contribution in [0, 0.1) is 0 Å². The van der Waals surface area contributed by atoms with E-state index < -0.39 is 0 Å². The number of methoxy groups -OCH3 is 2. The minimum atomic E-state index is -0.148. The van der Waals surface area contributed by atoms with Crippen LogP contribution >= 0.6 is 0 Å². The zero-order valence-electron chi connectivity index (χ0n) is 22.2. The van der Waals surface area contributed by atoms with Crippen molar-refractivity contribution in [2.75, 3.05) is 27.3 Å². The number of ether oxygens (including phenoxy) is 2. The van der Waals surface area contributed by atoms with Crippen molar-refractivity contribution in [2.24, 2.45) is 0 Å². The first-order valence-corrected chi connectivity index (χ1v) is 13.3. The van der Waals surface area contributed by atoms with E-state index in [0.717, 1.165) is 59.8 Å². The van der Waals surface area contributed by atoms with E-state index in [9.17, 15) is 4.79 Å². The summed E-state index contributed by atoms with van der Waals surface area (Å²) in [7, 11) is 3.23. The van der Waals surface area contributed by atoms with Crippen molar-refractivity contribution >= 4 is 27.7 Å². The molecule has 0 unspecified atom stereocenters. The zero-order chi connectivity index (χ0) is 26.8. The topological polar surface area (TPSA) is 79.5 Å². The molecule has 7 nitrogen and oxygen atoms in total. The highest BCUT2D eigenvalue weighted by Gasteiger charge is 2.23. The number of likely N-dealkylation sites (tertiary alicyclic amines) is 1. The molecule has 0 spiro atoms. The Morgan fingerprint density at radius 2 is 1.67 bits per heavy atom. The lowest BCUT2D eigenvalue weighted by Gasteiger charge is -2.32. The summed E-state index contributed by atoms with van der Waals surface area (Å²) >= 11 is 0. The van der Waals surface area contributed by atoms with Gasteiger partial charge in [-0.15, -0.1) is 0 Å². The number of aromatic nitrogens is 2. The maximum Gasteiger partial charge on any atom is 0.270 e. The van der Waals surface area contributed by atoms with Crippen LogP contribution in [-0.2, 0) is 6.54 Å². The van der Waals surface area contributed by atoms with E-state index in [1.165, 1.54) is 5.56 Å². The predicted molar refractivity (Wildman–Crippen MR) is 154 cm³/mol. The van der Waals surface area contributed by atoms with E-state index in [0.29, 0.717) is 22.9 Å². The van der Waals surface area contributed by atoms with Gasteiger partial charge in [-0.1, -0.05) is 48.5 Å². The maximum atomic E-state index is 13.6. The fraction of sp³-hybridized carbons (Fsp3) is 0.250. The highest BCUT2D eigenvalue weighted by Crippen LogP contribution is 2.36. The van der Waals surface area contributed by atoms with Crippen molar-refractivity contribution in [3.05, 3.63) is 90.1 Å². The number of piperidine rings is 1. The summed E-state index contributed by atoms with van der Waals surface area (Å²) < 4.78 is 11.0. The molecule has 7 heteroatoms. The Balaban J connectivity index is 1.28. The summed E-state index contributed by atoms with van der Waals surface area (Å²) in [5.74, 6) is 1.10. The van der Waals surface area contributed by atoms with Crippen LogP contribution in [0.1, 0.15) is 28.9 Å². The van der Waals surface area contributed by atoms with Gasteiger partial charge in [-0.25, -0.2) is 4.98 Å². The monoisotopic (exact) mass is 520 g/mol. The van der Waals surface area contributed by atoms with Crippen molar-refractivity contribution in [1.29, 1.82) is 0 Å². The zero-order valence-corrected chi connectivity index (χ0v) is 22.2. The fourth-order valence-corrected chi connectivity index (χ4v) is 5.49. The lowest BCUT2D eigenvalue weighted by Crippen LogP contribution is -2.44. The van der Waals surface area contributed by atoms with E-state index in [4.69, 9.17) is 14.5 Å². The van der Waals surface area contributed by atoms with Gasteiger partial charge >= 0.3 is 0 Å². The molecule has 0 atom stereocenters. The fourth-order valence-electron chi connectivity index (χ4n) is 5.49. The normalized spacial score (nSPS) is 14.5. The van der Waals surface area contributed by atoms with E-state index in [1.807, 2.05) is 48.5 Å². The highest BCUT2D eigenvalue weighted by atomic mass is 16.5. The molecule has 2 aromatic heterocycles. The number of carbonyl (C=O) groups is 1. The number of aromatic amines is 1. The summed E-state index contributed by atoms with van der Waals surface area (Å²) in [5.41, 5.74) is 5.15. The highest BCUT2D eigenvalue weighted by molar-refractivity contribution is 6.13. The van der Waals surface area contributed by atoms with Crippen LogP contribution in [0.25, 0.3) is 33.1 Å². The van der Waals surface area contributed by atoms with E-state index in [2.05, 4.69) is 45.5 Å². The van der Waals surface area contributed by atoms with E-state index in [1.54, 1.807) is 14.2 Å². The summed E-state index contributed by atoms with van der Waals surface area (Å²) in [6.45, 7) is 2.84. The van der Waals surface area contributed by atoms with Gasteiger partial charge in [-0.3, -0.25) is 9.69 Å².